The maximum Gasteiger partial charge on any atom is 0.0315 e. The fourth-order valence-electron chi connectivity index (χ4n) is 2.62. The lowest BCUT2D eigenvalue weighted by Gasteiger charge is -2.34. The van der Waals surface area contributed by atoms with Crippen molar-refractivity contribution in [2.45, 2.75) is 69.4 Å². The van der Waals surface area contributed by atoms with Gasteiger partial charge in [-0.2, -0.15) is 23.5 Å². The summed E-state index contributed by atoms with van der Waals surface area (Å²) in [5, 5.41) is 1.43. The minimum Gasteiger partial charge on any atom is -0.327 e. The zero-order chi connectivity index (χ0) is 12.7. The van der Waals surface area contributed by atoms with Crippen LogP contribution < -0.4 is 5.73 Å². The van der Waals surface area contributed by atoms with E-state index in [0.717, 1.165) is 11.2 Å². The molecule has 0 radical (unpaired) electrons. The van der Waals surface area contributed by atoms with E-state index in [4.69, 9.17) is 5.73 Å². The molecule has 1 rings (SSSR count). The van der Waals surface area contributed by atoms with E-state index in [1.54, 1.807) is 0 Å². The van der Waals surface area contributed by atoms with Crippen molar-refractivity contribution in [3.8, 4) is 0 Å². The Bertz CT molecular complexity index is 199. The first-order chi connectivity index (χ1) is 8.19. The molecule has 1 heterocycles. The van der Waals surface area contributed by atoms with Gasteiger partial charge < -0.3 is 5.73 Å². The van der Waals surface area contributed by atoms with Crippen LogP contribution in [0.1, 0.15) is 52.9 Å². The Hall–Kier alpha value is 0.660. The Morgan fingerprint density at radius 1 is 1.24 bits per heavy atom. The van der Waals surface area contributed by atoms with Crippen LogP contribution in [0.3, 0.4) is 0 Å². The van der Waals surface area contributed by atoms with Crippen molar-refractivity contribution in [2.75, 3.05) is 11.5 Å². The Labute approximate surface area is 116 Å². The molecule has 1 saturated heterocycles. The van der Waals surface area contributed by atoms with Gasteiger partial charge in [-0.15, -0.1) is 0 Å². The van der Waals surface area contributed by atoms with E-state index in [1.807, 2.05) is 0 Å². The normalized spacial score (nSPS) is 28.9. The summed E-state index contributed by atoms with van der Waals surface area (Å²) in [5.41, 5.74) is 6.45. The quantitative estimate of drug-likeness (QED) is 0.755. The van der Waals surface area contributed by atoms with Crippen molar-refractivity contribution in [3.05, 3.63) is 0 Å². The molecule has 0 aliphatic carbocycles. The Morgan fingerprint density at radius 3 is 2.53 bits per heavy atom. The summed E-state index contributed by atoms with van der Waals surface area (Å²) < 4.78 is 0. The molecule has 1 nitrogen and oxygen atoms in total. The molecule has 0 aromatic rings. The third-order valence-electron chi connectivity index (χ3n) is 3.81. The molecule has 1 aliphatic rings. The lowest BCUT2D eigenvalue weighted by molar-refractivity contribution is 0.378. The van der Waals surface area contributed by atoms with Crippen LogP contribution in [0.25, 0.3) is 0 Å². The number of rotatable bonds is 7. The van der Waals surface area contributed by atoms with E-state index in [0.29, 0.717) is 11.3 Å². The number of hydrogen-bond donors (Lipinski definition) is 1. The van der Waals surface area contributed by atoms with Crippen LogP contribution in [0.15, 0.2) is 0 Å². The molecule has 0 bridgehead atoms. The lowest BCUT2D eigenvalue weighted by atomic mass is 9.90. The van der Waals surface area contributed by atoms with Crippen LogP contribution in [-0.4, -0.2) is 28.0 Å². The maximum atomic E-state index is 6.45. The summed E-state index contributed by atoms with van der Waals surface area (Å²) in [4.78, 5) is 0. The average molecular weight is 276 g/mol. The molecule has 0 spiro atoms. The van der Waals surface area contributed by atoms with Crippen LogP contribution in [0, 0.1) is 5.92 Å². The Morgan fingerprint density at radius 2 is 1.94 bits per heavy atom. The minimum atomic E-state index is 0.407. The van der Waals surface area contributed by atoms with Crippen molar-refractivity contribution in [3.63, 3.8) is 0 Å². The molecule has 3 heteroatoms. The molecule has 2 N–H and O–H groups in total. The summed E-state index contributed by atoms with van der Waals surface area (Å²) in [7, 11) is 0. The van der Waals surface area contributed by atoms with Crippen LogP contribution in [0.4, 0.5) is 0 Å². The monoisotopic (exact) mass is 275 g/mol. The zero-order valence-electron chi connectivity index (χ0n) is 11.7. The molecule has 0 aromatic heterocycles. The lowest BCUT2D eigenvalue weighted by Crippen LogP contribution is -2.41. The van der Waals surface area contributed by atoms with Gasteiger partial charge in [-0.05, 0) is 12.3 Å². The SMILES string of the molecule is CCCCC(CC)CC(N)C1SCCSC1C. The highest BCUT2D eigenvalue weighted by Crippen LogP contribution is 2.34. The number of unbranched alkanes of at least 4 members (excludes halogenated alkanes) is 1. The van der Waals surface area contributed by atoms with Gasteiger partial charge in [-0.1, -0.05) is 46.5 Å². The van der Waals surface area contributed by atoms with Gasteiger partial charge in [0, 0.05) is 28.0 Å². The van der Waals surface area contributed by atoms with Gasteiger partial charge in [-0.25, -0.2) is 0 Å². The summed E-state index contributed by atoms with van der Waals surface area (Å²) in [6.07, 6.45) is 6.59. The second-order valence-corrected chi connectivity index (χ2v) is 8.00. The molecule has 102 valence electrons. The number of thioether (sulfide) groups is 2. The third-order valence-corrected chi connectivity index (χ3v) is 7.08. The zero-order valence-corrected chi connectivity index (χ0v) is 13.3. The molecule has 0 aromatic carbocycles. The van der Waals surface area contributed by atoms with Gasteiger partial charge in [0.1, 0.15) is 0 Å². The van der Waals surface area contributed by atoms with Crippen molar-refractivity contribution in [1.82, 2.24) is 0 Å². The van der Waals surface area contributed by atoms with Gasteiger partial charge >= 0.3 is 0 Å². The predicted octanol–water partition coefficient (Wildman–Crippen LogP) is 4.16. The van der Waals surface area contributed by atoms with Crippen LogP contribution in [0.5, 0.6) is 0 Å². The van der Waals surface area contributed by atoms with Crippen molar-refractivity contribution in [2.24, 2.45) is 11.7 Å². The predicted molar refractivity (Wildman–Crippen MR) is 84.1 cm³/mol. The maximum absolute atomic E-state index is 6.45. The number of nitrogens with two attached hydrogens (primary N) is 1. The van der Waals surface area contributed by atoms with Gasteiger partial charge in [0.15, 0.2) is 0 Å². The molecular formula is C14H29NS2. The highest BCUT2D eigenvalue weighted by molar-refractivity contribution is 8.07. The first-order valence-corrected chi connectivity index (χ1v) is 9.27. The fourth-order valence-corrected chi connectivity index (χ4v) is 5.53. The van der Waals surface area contributed by atoms with Gasteiger partial charge in [0.05, 0.1) is 0 Å². The molecular weight excluding hydrogens is 246 g/mol. The van der Waals surface area contributed by atoms with E-state index >= 15 is 0 Å². The molecule has 4 atom stereocenters. The van der Waals surface area contributed by atoms with Crippen LogP contribution >= 0.6 is 23.5 Å². The largest absolute Gasteiger partial charge is 0.327 e. The number of hydrogen-bond acceptors (Lipinski definition) is 3. The smallest absolute Gasteiger partial charge is 0.0315 e. The van der Waals surface area contributed by atoms with Crippen LogP contribution in [0.2, 0.25) is 0 Å². The first kappa shape index (κ1) is 15.7. The highest BCUT2D eigenvalue weighted by atomic mass is 32.2. The fraction of sp³-hybridized carbons (Fsp3) is 1.00. The second-order valence-electron chi connectivity index (χ2n) is 5.23. The summed E-state index contributed by atoms with van der Waals surface area (Å²) >= 11 is 4.22. The Balaban J connectivity index is 2.36. The molecule has 17 heavy (non-hydrogen) atoms. The van der Waals surface area contributed by atoms with Crippen molar-refractivity contribution >= 4 is 23.5 Å². The summed E-state index contributed by atoms with van der Waals surface area (Å²) in [5.74, 6) is 3.45. The molecule has 4 unspecified atom stereocenters. The van der Waals surface area contributed by atoms with E-state index < -0.39 is 0 Å². The summed E-state index contributed by atoms with van der Waals surface area (Å²) in [6.45, 7) is 6.95. The second kappa shape index (κ2) is 8.71. The van der Waals surface area contributed by atoms with Gasteiger partial charge in [-0.3, -0.25) is 0 Å². The third kappa shape index (κ3) is 5.44. The minimum absolute atomic E-state index is 0.407. The van der Waals surface area contributed by atoms with Crippen molar-refractivity contribution < 1.29 is 0 Å². The molecule has 0 saturated carbocycles. The molecule has 1 aliphatic heterocycles. The molecule has 1 fully saturated rings. The highest BCUT2D eigenvalue weighted by Gasteiger charge is 2.29. The van der Waals surface area contributed by atoms with E-state index in [2.05, 4.69) is 44.3 Å². The van der Waals surface area contributed by atoms with Crippen LogP contribution in [-0.2, 0) is 0 Å². The topological polar surface area (TPSA) is 26.0 Å². The van der Waals surface area contributed by atoms with E-state index in [9.17, 15) is 0 Å². The average Bonchev–Trinajstić information content (AvgIpc) is 2.34. The van der Waals surface area contributed by atoms with E-state index in [-0.39, 0.29) is 0 Å². The Kier molecular flexibility index (Phi) is 8.05. The summed E-state index contributed by atoms with van der Waals surface area (Å²) in [6, 6.07) is 0.407. The standard InChI is InChI=1S/C14H29NS2/c1-4-6-7-12(5-2)10-13(15)14-11(3)16-8-9-17-14/h11-14H,4-10,15H2,1-3H3. The first-order valence-electron chi connectivity index (χ1n) is 7.17. The van der Waals surface area contributed by atoms with Gasteiger partial charge in [0.25, 0.3) is 0 Å². The van der Waals surface area contributed by atoms with E-state index in [1.165, 1.54) is 43.6 Å². The van der Waals surface area contributed by atoms with Gasteiger partial charge in [0.2, 0.25) is 0 Å². The van der Waals surface area contributed by atoms with Crippen molar-refractivity contribution in [1.29, 1.82) is 0 Å². The molecule has 0 amide bonds.